The number of para-hydroxylation sites is 1. The van der Waals surface area contributed by atoms with E-state index in [-0.39, 0.29) is 16.4 Å². The molecule has 0 aliphatic carbocycles. The van der Waals surface area contributed by atoms with Crippen molar-refractivity contribution >= 4 is 43.6 Å². The number of anilines is 1. The minimum Gasteiger partial charge on any atom is -0.451 e. The molecule has 24 heavy (non-hydrogen) atoms. The lowest BCUT2D eigenvalue weighted by Gasteiger charge is -1.98. The van der Waals surface area contributed by atoms with Crippen LogP contribution in [0.5, 0.6) is 0 Å². The first-order valence-corrected chi connectivity index (χ1v) is 7.89. The van der Waals surface area contributed by atoms with Gasteiger partial charge in [-0.15, -0.1) is 0 Å². The van der Waals surface area contributed by atoms with Crippen LogP contribution < -0.4 is 5.32 Å². The average molecular weight is 344 g/mol. The van der Waals surface area contributed by atoms with Crippen LogP contribution in [0.2, 0.25) is 0 Å². The van der Waals surface area contributed by atoms with Gasteiger partial charge in [0.05, 0.1) is 4.70 Å². The number of nitrogens with zero attached hydrogens (tertiary/aromatic N) is 1. The molecular formula is C17H10F2N2O2S. The van der Waals surface area contributed by atoms with E-state index in [2.05, 4.69) is 10.3 Å². The predicted octanol–water partition coefficient (Wildman–Crippen LogP) is 4.88. The normalized spacial score (nSPS) is 11.3. The predicted molar refractivity (Wildman–Crippen MR) is 88.4 cm³/mol. The van der Waals surface area contributed by atoms with Crippen molar-refractivity contribution in [3.63, 3.8) is 0 Å². The number of aryl methyl sites for hydroxylation is 1. The summed E-state index contributed by atoms with van der Waals surface area (Å²) in [6, 6.07) is 9.25. The smallest absolute Gasteiger partial charge is 0.293 e. The van der Waals surface area contributed by atoms with Gasteiger partial charge in [0.1, 0.15) is 16.9 Å². The molecule has 2 aromatic heterocycles. The summed E-state index contributed by atoms with van der Waals surface area (Å²) >= 11 is 0.997. The van der Waals surface area contributed by atoms with E-state index in [1.807, 2.05) is 18.2 Å². The highest BCUT2D eigenvalue weighted by Crippen LogP contribution is 2.30. The summed E-state index contributed by atoms with van der Waals surface area (Å²) in [7, 11) is 0. The Morgan fingerprint density at radius 2 is 2.04 bits per heavy atom. The van der Waals surface area contributed by atoms with Gasteiger partial charge >= 0.3 is 0 Å². The Morgan fingerprint density at radius 3 is 2.83 bits per heavy atom. The molecule has 4 rings (SSSR count). The van der Waals surface area contributed by atoms with Crippen molar-refractivity contribution in [2.24, 2.45) is 0 Å². The summed E-state index contributed by atoms with van der Waals surface area (Å²) in [4.78, 5) is 16.4. The van der Waals surface area contributed by atoms with Crippen molar-refractivity contribution in [3.05, 3.63) is 59.4 Å². The molecule has 0 spiro atoms. The lowest BCUT2D eigenvalue weighted by molar-refractivity contribution is 0.0998. The molecule has 2 aromatic carbocycles. The molecule has 0 saturated carbocycles. The summed E-state index contributed by atoms with van der Waals surface area (Å²) in [5, 5.41) is 3.61. The van der Waals surface area contributed by atoms with Gasteiger partial charge in [-0.25, -0.2) is 13.8 Å². The number of hydrogen-bond donors (Lipinski definition) is 1. The SMILES string of the molecule is Cc1c(C(=O)Nc2nc3c(F)cc(F)cc3s2)oc2ccccc12. The second kappa shape index (κ2) is 5.38. The summed E-state index contributed by atoms with van der Waals surface area (Å²) in [5.41, 5.74) is 1.34. The molecule has 0 aliphatic heterocycles. The Hall–Kier alpha value is -2.80. The molecule has 0 radical (unpaired) electrons. The fourth-order valence-corrected chi connectivity index (χ4v) is 3.46. The summed E-state index contributed by atoms with van der Waals surface area (Å²) in [6.07, 6.45) is 0. The summed E-state index contributed by atoms with van der Waals surface area (Å²) in [6.45, 7) is 1.79. The molecule has 0 atom stereocenters. The molecule has 0 unspecified atom stereocenters. The van der Waals surface area contributed by atoms with Crippen LogP contribution in [0.1, 0.15) is 16.1 Å². The molecule has 0 bridgehead atoms. The number of nitrogens with one attached hydrogen (secondary N) is 1. The van der Waals surface area contributed by atoms with Crippen molar-refractivity contribution in [3.8, 4) is 0 Å². The van der Waals surface area contributed by atoms with Crippen LogP contribution in [0.4, 0.5) is 13.9 Å². The first kappa shape index (κ1) is 14.8. The van der Waals surface area contributed by atoms with Gasteiger partial charge in [-0.3, -0.25) is 10.1 Å². The van der Waals surface area contributed by atoms with Gasteiger partial charge in [-0.1, -0.05) is 29.5 Å². The van der Waals surface area contributed by atoms with Crippen molar-refractivity contribution in [1.82, 2.24) is 4.98 Å². The Morgan fingerprint density at radius 1 is 1.25 bits per heavy atom. The lowest BCUT2D eigenvalue weighted by Crippen LogP contribution is -2.11. The van der Waals surface area contributed by atoms with Gasteiger partial charge in [-0.2, -0.15) is 0 Å². The minimum atomic E-state index is -0.762. The fourth-order valence-electron chi connectivity index (χ4n) is 2.56. The molecule has 4 aromatic rings. The zero-order valence-corrected chi connectivity index (χ0v) is 13.2. The number of aromatic nitrogens is 1. The van der Waals surface area contributed by atoms with Crippen molar-refractivity contribution in [2.75, 3.05) is 5.32 Å². The zero-order chi connectivity index (χ0) is 16.8. The van der Waals surface area contributed by atoms with Crippen molar-refractivity contribution in [1.29, 1.82) is 0 Å². The Kier molecular flexibility index (Phi) is 3.31. The fraction of sp³-hybridized carbons (Fsp3) is 0.0588. The third kappa shape index (κ3) is 2.33. The highest BCUT2D eigenvalue weighted by Gasteiger charge is 2.19. The minimum absolute atomic E-state index is 0.0260. The molecular weight excluding hydrogens is 334 g/mol. The van der Waals surface area contributed by atoms with Crippen LogP contribution >= 0.6 is 11.3 Å². The summed E-state index contributed by atoms with van der Waals surface area (Å²) in [5.74, 6) is -1.76. The van der Waals surface area contributed by atoms with Crippen LogP contribution in [-0.4, -0.2) is 10.9 Å². The molecule has 2 heterocycles. The molecule has 0 aliphatic rings. The van der Waals surface area contributed by atoms with E-state index in [1.165, 1.54) is 6.07 Å². The topological polar surface area (TPSA) is 55.1 Å². The number of thiazole rings is 1. The van der Waals surface area contributed by atoms with Gasteiger partial charge < -0.3 is 4.42 Å². The number of furan rings is 1. The number of rotatable bonds is 2. The van der Waals surface area contributed by atoms with Crippen LogP contribution in [0.15, 0.2) is 40.8 Å². The average Bonchev–Trinajstić information content (AvgIpc) is 3.09. The molecule has 1 N–H and O–H groups in total. The van der Waals surface area contributed by atoms with E-state index in [4.69, 9.17) is 4.42 Å². The first-order valence-electron chi connectivity index (χ1n) is 7.08. The standard InChI is InChI=1S/C17H10F2N2O2S/c1-8-10-4-2-3-5-12(10)23-15(8)16(22)21-17-20-14-11(19)6-9(18)7-13(14)24-17/h2-7H,1H3,(H,20,21,22). The van der Waals surface area contributed by atoms with E-state index in [0.29, 0.717) is 15.8 Å². The largest absolute Gasteiger partial charge is 0.451 e. The maximum Gasteiger partial charge on any atom is 0.293 e. The van der Waals surface area contributed by atoms with Gasteiger partial charge in [0.25, 0.3) is 5.91 Å². The van der Waals surface area contributed by atoms with Crippen molar-refractivity contribution < 1.29 is 18.0 Å². The third-order valence-electron chi connectivity index (χ3n) is 3.68. The number of carbonyl (C=O) groups excluding carboxylic acids is 1. The summed E-state index contributed by atoms with van der Waals surface area (Å²) < 4.78 is 32.8. The number of amides is 1. The number of fused-ring (bicyclic) bond motifs is 2. The molecule has 7 heteroatoms. The number of halogens is 2. The lowest BCUT2D eigenvalue weighted by atomic mass is 10.1. The number of carbonyl (C=O) groups is 1. The maximum absolute atomic E-state index is 13.7. The molecule has 120 valence electrons. The van der Waals surface area contributed by atoms with E-state index in [9.17, 15) is 13.6 Å². The number of hydrogen-bond acceptors (Lipinski definition) is 4. The van der Waals surface area contributed by atoms with Crippen LogP contribution in [-0.2, 0) is 0 Å². The molecule has 4 nitrogen and oxygen atoms in total. The second-order valence-corrected chi connectivity index (χ2v) is 6.29. The highest BCUT2D eigenvalue weighted by molar-refractivity contribution is 7.22. The maximum atomic E-state index is 13.7. The number of benzene rings is 2. The van der Waals surface area contributed by atoms with Crippen LogP contribution in [0.3, 0.4) is 0 Å². The monoisotopic (exact) mass is 344 g/mol. The zero-order valence-electron chi connectivity index (χ0n) is 12.4. The van der Waals surface area contributed by atoms with E-state index in [0.717, 1.165) is 22.8 Å². The van der Waals surface area contributed by atoms with Crippen LogP contribution in [0.25, 0.3) is 21.2 Å². The van der Waals surface area contributed by atoms with Gasteiger partial charge in [0.2, 0.25) is 0 Å². The quantitative estimate of drug-likeness (QED) is 0.564. The van der Waals surface area contributed by atoms with E-state index < -0.39 is 17.5 Å². The first-order chi connectivity index (χ1) is 11.5. The third-order valence-corrected chi connectivity index (χ3v) is 4.60. The Balaban J connectivity index is 1.70. The molecule has 1 amide bonds. The van der Waals surface area contributed by atoms with E-state index in [1.54, 1.807) is 13.0 Å². The Labute approximate surface area is 138 Å². The van der Waals surface area contributed by atoms with Gasteiger partial charge in [0, 0.05) is 17.0 Å². The Bertz CT molecular complexity index is 1100. The van der Waals surface area contributed by atoms with Crippen LogP contribution in [0, 0.1) is 18.6 Å². The molecule has 0 saturated heterocycles. The van der Waals surface area contributed by atoms with Crippen molar-refractivity contribution in [2.45, 2.75) is 6.92 Å². The van der Waals surface area contributed by atoms with E-state index >= 15 is 0 Å². The highest BCUT2D eigenvalue weighted by atomic mass is 32.1. The second-order valence-electron chi connectivity index (χ2n) is 5.26. The van der Waals surface area contributed by atoms with Gasteiger partial charge in [-0.05, 0) is 19.1 Å². The van der Waals surface area contributed by atoms with Gasteiger partial charge in [0.15, 0.2) is 16.7 Å². The molecule has 0 fully saturated rings.